The largest absolute Gasteiger partial charge is 0.488 e. The quantitative estimate of drug-likeness (QED) is 0.517. The Hall–Kier alpha value is -2.64. The van der Waals surface area contributed by atoms with E-state index in [2.05, 4.69) is 19.3 Å². The predicted molar refractivity (Wildman–Crippen MR) is 126 cm³/mol. The molecular formula is C24H35BN2O4. The molecule has 0 heterocycles. The first kappa shape index (κ1) is 26.4. The number of benzene rings is 2. The van der Waals surface area contributed by atoms with Crippen LogP contribution in [0.25, 0.3) is 0 Å². The smallest absolute Gasteiger partial charge is 0.423 e. The van der Waals surface area contributed by atoms with Crippen LogP contribution >= 0.6 is 0 Å². The van der Waals surface area contributed by atoms with E-state index in [4.69, 9.17) is 0 Å². The predicted octanol–water partition coefficient (Wildman–Crippen LogP) is 3.23. The van der Waals surface area contributed by atoms with Crippen molar-refractivity contribution in [3.05, 3.63) is 64.7 Å². The Morgan fingerprint density at radius 3 is 1.84 bits per heavy atom. The summed E-state index contributed by atoms with van der Waals surface area (Å²) in [6, 6.07) is 11.5. The molecule has 0 fully saturated rings. The van der Waals surface area contributed by atoms with Crippen molar-refractivity contribution in [1.82, 2.24) is 10.4 Å². The summed E-state index contributed by atoms with van der Waals surface area (Å²) in [5, 5.41) is 19.7. The molecule has 0 aliphatic rings. The highest BCUT2D eigenvalue weighted by Crippen LogP contribution is 2.18. The summed E-state index contributed by atoms with van der Waals surface area (Å²) in [5.41, 5.74) is 5.53. The van der Waals surface area contributed by atoms with Crippen LogP contribution < -0.4 is 10.9 Å². The summed E-state index contributed by atoms with van der Waals surface area (Å²) in [7, 11) is -1.60. The van der Waals surface area contributed by atoms with E-state index in [-0.39, 0.29) is 16.8 Å². The molecule has 2 aromatic rings. The highest BCUT2D eigenvalue weighted by atomic mass is 16.4. The molecule has 0 unspecified atom stereocenters. The zero-order valence-electron chi connectivity index (χ0n) is 19.7. The zero-order valence-corrected chi connectivity index (χ0v) is 19.7. The molecule has 0 saturated heterocycles. The van der Waals surface area contributed by atoms with Crippen molar-refractivity contribution in [2.24, 2.45) is 5.41 Å². The summed E-state index contributed by atoms with van der Waals surface area (Å²) in [5.74, 6) is -0.724. The van der Waals surface area contributed by atoms with E-state index in [0.29, 0.717) is 17.7 Å². The highest BCUT2D eigenvalue weighted by molar-refractivity contribution is 6.58. The molecule has 0 aromatic heterocycles. The van der Waals surface area contributed by atoms with E-state index in [1.54, 1.807) is 12.1 Å². The molecule has 0 saturated carbocycles. The van der Waals surface area contributed by atoms with E-state index in [0.717, 1.165) is 11.1 Å². The Balaban J connectivity index is 0.00000151. The molecule has 0 bridgehead atoms. The third kappa shape index (κ3) is 8.95. The molecule has 7 heteroatoms. The van der Waals surface area contributed by atoms with Crippen LogP contribution in [0.15, 0.2) is 42.5 Å². The lowest BCUT2D eigenvalue weighted by Gasteiger charge is -2.30. The number of amides is 2. The van der Waals surface area contributed by atoms with Crippen molar-refractivity contribution in [3.63, 3.8) is 0 Å². The highest BCUT2D eigenvalue weighted by Gasteiger charge is 2.25. The molecule has 168 valence electrons. The van der Waals surface area contributed by atoms with Crippen LogP contribution in [0.2, 0.25) is 0 Å². The number of hydrazine groups is 1. The molecule has 2 aromatic carbocycles. The molecule has 6 nitrogen and oxygen atoms in total. The fourth-order valence-electron chi connectivity index (χ4n) is 2.88. The lowest BCUT2D eigenvalue weighted by molar-refractivity contribution is 0.0509. The molecule has 0 aliphatic heterocycles. The maximum absolute atomic E-state index is 13.1. The van der Waals surface area contributed by atoms with Crippen molar-refractivity contribution in [1.29, 1.82) is 0 Å². The van der Waals surface area contributed by atoms with E-state index in [1.165, 1.54) is 35.7 Å². The number of nitrogens with zero attached hydrogens (tertiary/aromatic N) is 1. The van der Waals surface area contributed by atoms with Gasteiger partial charge in [-0.05, 0) is 49.0 Å². The average molecular weight is 426 g/mol. The van der Waals surface area contributed by atoms with Crippen molar-refractivity contribution in [2.45, 2.75) is 54.9 Å². The standard InChI is InChI=1S/C21H27BN2O4.C3H8/c1-14-10-15(2)12-17(11-14)20(26)24(13-21(3,4)5)23-19(25)16-6-8-18(9-7-16)22(27)28;1-3-2/h6-12,27-28H,13H2,1-5H3,(H,23,25);3H2,1-2H3. The van der Waals surface area contributed by atoms with Crippen molar-refractivity contribution < 1.29 is 19.6 Å². The lowest BCUT2D eigenvalue weighted by atomic mass is 9.80. The summed E-state index contributed by atoms with van der Waals surface area (Å²) >= 11 is 0. The molecule has 3 N–H and O–H groups in total. The van der Waals surface area contributed by atoms with Gasteiger partial charge in [0.15, 0.2) is 0 Å². The lowest BCUT2D eigenvalue weighted by Crippen LogP contribution is -2.49. The Morgan fingerprint density at radius 2 is 1.42 bits per heavy atom. The number of hydrogen-bond donors (Lipinski definition) is 3. The van der Waals surface area contributed by atoms with Gasteiger partial charge in [0.05, 0.1) is 0 Å². The van der Waals surface area contributed by atoms with Crippen molar-refractivity contribution in [3.8, 4) is 0 Å². The fraction of sp³-hybridized carbons (Fsp3) is 0.417. The summed E-state index contributed by atoms with van der Waals surface area (Å²) < 4.78 is 0. The van der Waals surface area contributed by atoms with Crippen LogP contribution in [0, 0.1) is 19.3 Å². The molecule has 0 spiro atoms. The third-order valence-corrected chi connectivity index (χ3v) is 4.05. The minimum absolute atomic E-state index is 0.229. The minimum Gasteiger partial charge on any atom is -0.423 e. The first-order valence-corrected chi connectivity index (χ1v) is 10.5. The van der Waals surface area contributed by atoms with Crippen molar-refractivity contribution in [2.75, 3.05) is 6.54 Å². The summed E-state index contributed by atoms with van der Waals surface area (Å²) in [6.45, 7) is 14.4. The molecule has 2 rings (SSSR count). The molecule has 2 amide bonds. The van der Waals surface area contributed by atoms with Gasteiger partial charge in [0.1, 0.15) is 0 Å². The normalized spacial score (nSPS) is 10.6. The van der Waals surface area contributed by atoms with E-state index < -0.39 is 13.0 Å². The van der Waals surface area contributed by atoms with Crippen LogP contribution in [0.4, 0.5) is 0 Å². The number of hydrogen-bond acceptors (Lipinski definition) is 4. The van der Waals surface area contributed by atoms with Crippen LogP contribution in [-0.2, 0) is 0 Å². The van der Waals surface area contributed by atoms with Gasteiger partial charge in [0, 0.05) is 17.7 Å². The summed E-state index contributed by atoms with van der Waals surface area (Å²) in [4.78, 5) is 25.7. The first-order chi connectivity index (χ1) is 14.4. The second-order valence-electron chi connectivity index (χ2n) is 8.97. The van der Waals surface area contributed by atoms with Crippen molar-refractivity contribution >= 4 is 24.4 Å². The maximum Gasteiger partial charge on any atom is 0.488 e. The minimum atomic E-state index is -1.60. The summed E-state index contributed by atoms with van der Waals surface area (Å²) in [6.07, 6.45) is 1.25. The second kappa shape index (κ2) is 11.7. The number of carbonyl (C=O) groups is 2. The van der Waals surface area contributed by atoms with Gasteiger partial charge in [-0.25, -0.2) is 5.01 Å². The molecule has 31 heavy (non-hydrogen) atoms. The van der Waals surface area contributed by atoms with Gasteiger partial charge >= 0.3 is 7.12 Å². The second-order valence-corrected chi connectivity index (χ2v) is 8.97. The van der Waals surface area contributed by atoms with Gasteiger partial charge in [-0.15, -0.1) is 0 Å². The van der Waals surface area contributed by atoms with Gasteiger partial charge in [-0.1, -0.05) is 70.4 Å². The van der Waals surface area contributed by atoms with Gasteiger partial charge in [0.25, 0.3) is 11.8 Å². The molecule has 0 atom stereocenters. The van der Waals surface area contributed by atoms with E-state index >= 15 is 0 Å². The molecule has 0 radical (unpaired) electrons. The van der Waals surface area contributed by atoms with Gasteiger partial charge in [-0.3, -0.25) is 15.0 Å². The van der Waals surface area contributed by atoms with E-state index in [1.807, 2.05) is 40.7 Å². The Morgan fingerprint density at radius 1 is 0.935 bits per heavy atom. The van der Waals surface area contributed by atoms with Gasteiger partial charge < -0.3 is 10.0 Å². The van der Waals surface area contributed by atoms with Crippen LogP contribution in [0.1, 0.15) is 72.9 Å². The van der Waals surface area contributed by atoms with Crippen LogP contribution in [0.3, 0.4) is 0 Å². The average Bonchev–Trinajstić information content (AvgIpc) is 2.65. The molecular weight excluding hydrogens is 391 g/mol. The Bertz CT molecular complexity index is 854. The Labute approximate surface area is 186 Å². The SMILES string of the molecule is CCC.Cc1cc(C)cc(C(=O)N(CC(C)(C)C)NC(=O)c2ccc(B(O)O)cc2)c1. The monoisotopic (exact) mass is 426 g/mol. The van der Waals surface area contributed by atoms with Crippen LogP contribution in [0.5, 0.6) is 0 Å². The maximum atomic E-state index is 13.1. The molecule has 0 aliphatic carbocycles. The van der Waals surface area contributed by atoms with E-state index in [9.17, 15) is 19.6 Å². The fourth-order valence-corrected chi connectivity index (χ4v) is 2.88. The topological polar surface area (TPSA) is 89.9 Å². The number of nitrogens with one attached hydrogen (secondary N) is 1. The van der Waals surface area contributed by atoms with Gasteiger partial charge in [0.2, 0.25) is 0 Å². The number of carbonyl (C=O) groups excluding carboxylic acids is 2. The zero-order chi connectivity index (χ0) is 23.8. The number of aryl methyl sites for hydroxylation is 2. The third-order valence-electron chi connectivity index (χ3n) is 4.05. The van der Waals surface area contributed by atoms with Gasteiger partial charge in [-0.2, -0.15) is 0 Å². The first-order valence-electron chi connectivity index (χ1n) is 10.5. The Kier molecular flexibility index (Phi) is 9.94. The van der Waals surface area contributed by atoms with Crippen LogP contribution in [-0.4, -0.2) is 40.5 Å². The number of rotatable bonds is 4.